The molecule has 1 aliphatic heterocycles. The van der Waals surface area contributed by atoms with E-state index in [0.717, 1.165) is 17.8 Å². The molecule has 1 aliphatic carbocycles. The largest absolute Gasteiger partial charge is 0.300 e. The normalized spacial score (nSPS) is 33.2. The maximum Gasteiger partial charge on any atom is 0.0223 e. The molecule has 2 rings (SSSR count). The molecule has 0 aromatic heterocycles. The number of unbranched alkanes of at least 4 members (excludes halogenated alkanes) is 1. The van der Waals surface area contributed by atoms with E-state index in [1.54, 1.807) is 0 Å². The molecule has 2 atom stereocenters. The molecule has 0 spiro atoms. The Morgan fingerprint density at radius 3 is 2.79 bits per heavy atom. The highest BCUT2D eigenvalue weighted by Crippen LogP contribution is 2.36. The van der Waals surface area contributed by atoms with Gasteiger partial charge < -0.3 is 4.90 Å². The maximum atomic E-state index is 5.71. The van der Waals surface area contributed by atoms with E-state index in [-0.39, 0.29) is 0 Å². The van der Waals surface area contributed by atoms with E-state index in [0.29, 0.717) is 0 Å². The Bertz CT molecular complexity index is 172. The molecule has 82 valence electrons. The summed E-state index contributed by atoms with van der Waals surface area (Å²) in [5, 5.41) is 0. The standard InChI is InChI=1S/C12H22ClN/c13-8-1-2-9-14-10-4-6-11-5-3-7-12(11)14/h11-12H,1-10H2. The van der Waals surface area contributed by atoms with Crippen molar-refractivity contribution in [1.29, 1.82) is 0 Å². The van der Waals surface area contributed by atoms with E-state index in [4.69, 9.17) is 11.6 Å². The Balaban J connectivity index is 1.78. The Hall–Kier alpha value is 0.250. The lowest BCUT2D eigenvalue weighted by Crippen LogP contribution is -2.42. The van der Waals surface area contributed by atoms with Crippen LogP contribution in [0.1, 0.15) is 44.9 Å². The molecular weight excluding hydrogens is 194 g/mol. The molecule has 0 N–H and O–H groups in total. The van der Waals surface area contributed by atoms with Gasteiger partial charge in [-0.25, -0.2) is 0 Å². The van der Waals surface area contributed by atoms with Crippen LogP contribution < -0.4 is 0 Å². The second-order valence-corrected chi connectivity index (χ2v) is 5.21. The second kappa shape index (κ2) is 5.37. The van der Waals surface area contributed by atoms with E-state index in [9.17, 15) is 0 Å². The van der Waals surface area contributed by atoms with Crippen molar-refractivity contribution in [2.24, 2.45) is 5.92 Å². The topological polar surface area (TPSA) is 3.24 Å². The zero-order valence-corrected chi connectivity index (χ0v) is 9.81. The maximum absolute atomic E-state index is 5.71. The van der Waals surface area contributed by atoms with E-state index < -0.39 is 0 Å². The summed E-state index contributed by atoms with van der Waals surface area (Å²) in [7, 11) is 0. The molecule has 1 saturated heterocycles. The number of hydrogen-bond donors (Lipinski definition) is 0. The molecule has 2 heteroatoms. The molecule has 0 aromatic carbocycles. The van der Waals surface area contributed by atoms with Gasteiger partial charge in [0.2, 0.25) is 0 Å². The summed E-state index contributed by atoms with van der Waals surface area (Å²) >= 11 is 5.71. The molecule has 1 saturated carbocycles. The van der Waals surface area contributed by atoms with Gasteiger partial charge in [0, 0.05) is 11.9 Å². The SMILES string of the molecule is ClCCCCN1CCCC2CCCC21. The lowest BCUT2D eigenvalue weighted by Gasteiger charge is -2.37. The van der Waals surface area contributed by atoms with Crippen LogP contribution in [0.25, 0.3) is 0 Å². The molecule has 0 bridgehead atoms. The van der Waals surface area contributed by atoms with Crippen LogP contribution in [-0.4, -0.2) is 29.9 Å². The summed E-state index contributed by atoms with van der Waals surface area (Å²) in [6.07, 6.45) is 9.85. The first-order valence-corrected chi connectivity index (χ1v) is 6.75. The molecule has 2 fully saturated rings. The van der Waals surface area contributed by atoms with Crippen molar-refractivity contribution in [2.75, 3.05) is 19.0 Å². The van der Waals surface area contributed by atoms with Gasteiger partial charge in [-0.3, -0.25) is 0 Å². The molecule has 14 heavy (non-hydrogen) atoms. The predicted octanol–water partition coefficient (Wildman–Crippen LogP) is 3.27. The number of halogens is 1. The van der Waals surface area contributed by atoms with Gasteiger partial charge in [0.1, 0.15) is 0 Å². The van der Waals surface area contributed by atoms with Gasteiger partial charge in [-0.1, -0.05) is 6.42 Å². The fourth-order valence-corrected chi connectivity index (χ4v) is 3.43. The minimum atomic E-state index is 0.835. The van der Waals surface area contributed by atoms with Crippen LogP contribution in [0.4, 0.5) is 0 Å². The number of rotatable bonds is 4. The summed E-state index contributed by atoms with van der Waals surface area (Å²) in [6.45, 7) is 2.65. The number of hydrogen-bond acceptors (Lipinski definition) is 1. The average molecular weight is 216 g/mol. The third-order valence-corrected chi connectivity index (χ3v) is 4.20. The van der Waals surface area contributed by atoms with Crippen molar-refractivity contribution < 1.29 is 0 Å². The van der Waals surface area contributed by atoms with E-state index in [2.05, 4.69) is 4.90 Å². The Morgan fingerprint density at radius 2 is 1.93 bits per heavy atom. The van der Waals surface area contributed by atoms with Crippen molar-refractivity contribution in [3.63, 3.8) is 0 Å². The number of fused-ring (bicyclic) bond motifs is 1. The van der Waals surface area contributed by atoms with Crippen LogP contribution in [0.5, 0.6) is 0 Å². The summed E-state index contributed by atoms with van der Waals surface area (Å²) in [5.74, 6) is 1.88. The van der Waals surface area contributed by atoms with Crippen LogP contribution >= 0.6 is 11.6 Å². The quantitative estimate of drug-likeness (QED) is 0.514. The third-order valence-electron chi connectivity index (χ3n) is 3.94. The van der Waals surface area contributed by atoms with Crippen LogP contribution in [0.2, 0.25) is 0 Å². The summed E-state index contributed by atoms with van der Waals surface area (Å²) in [5.41, 5.74) is 0. The smallest absolute Gasteiger partial charge is 0.0223 e. The fourth-order valence-electron chi connectivity index (χ4n) is 3.24. The summed E-state index contributed by atoms with van der Waals surface area (Å²) in [4.78, 5) is 2.74. The van der Waals surface area contributed by atoms with Crippen LogP contribution in [0.3, 0.4) is 0 Å². The number of likely N-dealkylation sites (tertiary alicyclic amines) is 1. The highest BCUT2D eigenvalue weighted by atomic mass is 35.5. The second-order valence-electron chi connectivity index (χ2n) is 4.83. The molecule has 0 radical (unpaired) electrons. The highest BCUT2D eigenvalue weighted by molar-refractivity contribution is 6.17. The van der Waals surface area contributed by atoms with Gasteiger partial charge in [-0.15, -0.1) is 11.6 Å². The van der Waals surface area contributed by atoms with Crippen molar-refractivity contribution in [1.82, 2.24) is 4.90 Å². The minimum absolute atomic E-state index is 0.835. The summed E-state index contributed by atoms with van der Waals surface area (Å²) < 4.78 is 0. The monoisotopic (exact) mass is 215 g/mol. The van der Waals surface area contributed by atoms with Crippen molar-refractivity contribution in [3.8, 4) is 0 Å². The van der Waals surface area contributed by atoms with Crippen LogP contribution in [0, 0.1) is 5.92 Å². The van der Waals surface area contributed by atoms with Crippen LogP contribution in [0.15, 0.2) is 0 Å². The fraction of sp³-hybridized carbons (Fsp3) is 1.00. The lowest BCUT2D eigenvalue weighted by molar-refractivity contribution is 0.112. The van der Waals surface area contributed by atoms with Crippen LogP contribution in [-0.2, 0) is 0 Å². The molecule has 0 aromatic rings. The first-order valence-electron chi connectivity index (χ1n) is 6.22. The number of nitrogens with zero attached hydrogens (tertiary/aromatic N) is 1. The van der Waals surface area contributed by atoms with Gasteiger partial charge in [0.05, 0.1) is 0 Å². The number of piperidine rings is 1. The number of alkyl halides is 1. The predicted molar refractivity (Wildman–Crippen MR) is 61.9 cm³/mol. The van der Waals surface area contributed by atoms with Crippen molar-refractivity contribution >= 4 is 11.6 Å². The van der Waals surface area contributed by atoms with E-state index >= 15 is 0 Å². The van der Waals surface area contributed by atoms with E-state index in [1.165, 1.54) is 58.0 Å². The van der Waals surface area contributed by atoms with Gasteiger partial charge in [0.15, 0.2) is 0 Å². The zero-order valence-electron chi connectivity index (χ0n) is 9.05. The van der Waals surface area contributed by atoms with E-state index in [1.807, 2.05) is 0 Å². The first kappa shape index (κ1) is 10.8. The molecule has 2 unspecified atom stereocenters. The Morgan fingerprint density at radius 1 is 1.07 bits per heavy atom. The summed E-state index contributed by atoms with van der Waals surface area (Å²) in [6, 6.07) is 0.944. The molecule has 2 aliphatic rings. The van der Waals surface area contributed by atoms with Crippen molar-refractivity contribution in [2.45, 2.75) is 51.0 Å². The van der Waals surface area contributed by atoms with Crippen molar-refractivity contribution in [3.05, 3.63) is 0 Å². The molecule has 0 amide bonds. The zero-order chi connectivity index (χ0) is 9.80. The average Bonchev–Trinajstić information content (AvgIpc) is 2.67. The minimum Gasteiger partial charge on any atom is -0.300 e. The molecule has 1 nitrogen and oxygen atoms in total. The molecule has 1 heterocycles. The Labute approximate surface area is 92.8 Å². The van der Waals surface area contributed by atoms with Gasteiger partial charge in [-0.2, -0.15) is 0 Å². The third kappa shape index (κ3) is 2.43. The van der Waals surface area contributed by atoms with Gasteiger partial charge in [-0.05, 0) is 57.5 Å². The first-order chi connectivity index (χ1) is 6.92. The van der Waals surface area contributed by atoms with Gasteiger partial charge >= 0.3 is 0 Å². The molecular formula is C12H22ClN. The highest BCUT2D eigenvalue weighted by Gasteiger charge is 2.34. The van der Waals surface area contributed by atoms with Gasteiger partial charge in [0.25, 0.3) is 0 Å². The Kier molecular flexibility index (Phi) is 4.12. The lowest BCUT2D eigenvalue weighted by atomic mass is 9.92.